The minimum absolute atomic E-state index is 0.0355. The van der Waals surface area contributed by atoms with Crippen LogP contribution in [0.1, 0.15) is 25.5 Å². The van der Waals surface area contributed by atoms with Crippen LogP contribution >= 0.6 is 0 Å². The number of carbonyl (C=O) groups is 1. The summed E-state index contributed by atoms with van der Waals surface area (Å²) in [6, 6.07) is 10.0. The number of nitrogens with two attached hydrogens (primary N) is 1. The van der Waals surface area contributed by atoms with Crippen LogP contribution in [0.4, 0.5) is 0 Å². The summed E-state index contributed by atoms with van der Waals surface area (Å²) in [5.74, 6) is -0.705. The Hall–Kier alpha value is -2.54. The minimum Gasteiger partial charge on any atom is -0.365 e. The Kier molecular flexibility index (Phi) is 3.39. The van der Waals surface area contributed by atoms with Gasteiger partial charge in [-0.05, 0) is 26.0 Å². The van der Waals surface area contributed by atoms with Crippen LogP contribution in [0.15, 0.2) is 36.0 Å². The zero-order chi connectivity index (χ0) is 14.0. The summed E-state index contributed by atoms with van der Waals surface area (Å²) in [4.78, 5) is 11.1. The highest BCUT2D eigenvalue weighted by Gasteiger charge is 2.11. The summed E-state index contributed by atoms with van der Waals surface area (Å²) < 4.78 is 2.11. The predicted molar refractivity (Wildman–Crippen MR) is 75.1 cm³/mol. The molecule has 0 atom stereocenters. The maximum absolute atomic E-state index is 11.1. The van der Waals surface area contributed by atoms with E-state index in [4.69, 9.17) is 11.0 Å². The van der Waals surface area contributed by atoms with Gasteiger partial charge in [0.05, 0.1) is 0 Å². The van der Waals surface area contributed by atoms with Crippen molar-refractivity contribution in [1.29, 1.82) is 5.26 Å². The molecule has 2 rings (SSSR count). The average molecular weight is 253 g/mol. The molecule has 2 aromatic rings. The number of para-hydroxylation sites is 1. The number of aromatic nitrogens is 1. The maximum atomic E-state index is 11.1. The number of fused-ring (bicyclic) bond motifs is 1. The minimum atomic E-state index is -0.705. The number of nitrogens with zero attached hydrogens (tertiary/aromatic N) is 2. The fourth-order valence-corrected chi connectivity index (χ4v) is 2.09. The summed E-state index contributed by atoms with van der Waals surface area (Å²) in [6.45, 7) is 4.17. The van der Waals surface area contributed by atoms with Crippen molar-refractivity contribution in [2.24, 2.45) is 5.73 Å². The number of amides is 1. The molecule has 0 aliphatic carbocycles. The third kappa shape index (κ3) is 2.36. The SMILES string of the molecule is CC(C)n1cc(/C=C(/C#N)C(N)=O)c2ccccc21. The van der Waals surface area contributed by atoms with Gasteiger partial charge in [-0.25, -0.2) is 0 Å². The van der Waals surface area contributed by atoms with Crippen molar-refractivity contribution < 1.29 is 4.79 Å². The Morgan fingerprint density at radius 3 is 2.68 bits per heavy atom. The molecule has 0 aliphatic rings. The molecule has 4 nitrogen and oxygen atoms in total. The Bertz CT molecular complexity index is 702. The van der Waals surface area contributed by atoms with Crippen LogP contribution in [-0.4, -0.2) is 10.5 Å². The second-order valence-corrected chi connectivity index (χ2v) is 4.64. The topological polar surface area (TPSA) is 71.8 Å². The van der Waals surface area contributed by atoms with E-state index in [2.05, 4.69) is 18.4 Å². The largest absolute Gasteiger partial charge is 0.365 e. The van der Waals surface area contributed by atoms with Crippen LogP contribution in [0.5, 0.6) is 0 Å². The van der Waals surface area contributed by atoms with Gasteiger partial charge in [-0.15, -0.1) is 0 Å². The molecule has 19 heavy (non-hydrogen) atoms. The number of carbonyl (C=O) groups excluding carboxylic acids is 1. The summed E-state index contributed by atoms with van der Waals surface area (Å²) in [5, 5.41) is 9.92. The van der Waals surface area contributed by atoms with E-state index >= 15 is 0 Å². The van der Waals surface area contributed by atoms with E-state index in [0.717, 1.165) is 16.5 Å². The molecule has 0 unspecified atom stereocenters. The van der Waals surface area contributed by atoms with Gasteiger partial charge >= 0.3 is 0 Å². The van der Waals surface area contributed by atoms with Gasteiger partial charge in [0.2, 0.25) is 0 Å². The Morgan fingerprint density at radius 1 is 1.42 bits per heavy atom. The first-order valence-electron chi connectivity index (χ1n) is 6.05. The van der Waals surface area contributed by atoms with Gasteiger partial charge < -0.3 is 10.3 Å². The van der Waals surface area contributed by atoms with Gasteiger partial charge in [0.15, 0.2) is 0 Å². The summed E-state index contributed by atoms with van der Waals surface area (Å²) in [5.41, 5.74) is 7.04. The molecular formula is C15H15N3O. The molecule has 4 heteroatoms. The number of rotatable bonds is 3. The lowest BCUT2D eigenvalue weighted by Crippen LogP contribution is -2.12. The van der Waals surface area contributed by atoms with Crippen LogP contribution in [0.3, 0.4) is 0 Å². The monoisotopic (exact) mass is 253 g/mol. The quantitative estimate of drug-likeness (QED) is 0.674. The van der Waals surface area contributed by atoms with Crippen LogP contribution in [0.25, 0.3) is 17.0 Å². The van der Waals surface area contributed by atoms with Crippen LogP contribution in [0, 0.1) is 11.3 Å². The van der Waals surface area contributed by atoms with Crippen molar-refractivity contribution >= 4 is 22.9 Å². The zero-order valence-electron chi connectivity index (χ0n) is 10.9. The average Bonchev–Trinajstić information content (AvgIpc) is 2.74. The second-order valence-electron chi connectivity index (χ2n) is 4.64. The molecule has 1 aromatic heterocycles. The molecule has 1 amide bonds. The summed E-state index contributed by atoms with van der Waals surface area (Å²) in [7, 11) is 0. The van der Waals surface area contributed by atoms with Crippen molar-refractivity contribution in [2.45, 2.75) is 19.9 Å². The molecule has 1 heterocycles. The Morgan fingerprint density at radius 2 is 2.11 bits per heavy atom. The van der Waals surface area contributed by atoms with Crippen LogP contribution < -0.4 is 5.73 Å². The standard InChI is InChI=1S/C15H15N3O/c1-10(2)18-9-12(7-11(8-16)15(17)19)13-5-3-4-6-14(13)18/h3-7,9-10H,1-2H3,(H2,17,19)/b11-7-. The highest BCUT2D eigenvalue weighted by molar-refractivity contribution is 6.03. The molecule has 0 fully saturated rings. The van der Waals surface area contributed by atoms with E-state index in [1.807, 2.05) is 36.5 Å². The molecule has 0 saturated carbocycles. The van der Waals surface area contributed by atoms with E-state index in [1.165, 1.54) is 0 Å². The van der Waals surface area contributed by atoms with Crippen molar-refractivity contribution in [3.8, 4) is 6.07 Å². The van der Waals surface area contributed by atoms with Crippen molar-refractivity contribution in [1.82, 2.24) is 4.57 Å². The third-order valence-corrected chi connectivity index (χ3v) is 3.01. The fourth-order valence-electron chi connectivity index (χ4n) is 2.09. The summed E-state index contributed by atoms with van der Waals surface area (Å²) in [6.07, 6.45) is 3.49. The van der Waals surface area contributed by atoms with Crippen molar-refractivity contribution in [2.75, 3.05) is 0 Å². The zero-order valence-corrected chi connectivity index (χ0v) is 10.9. The first-order valence-corrected chi connectivity index (χ1v) is 6.05. The fraction of sp³-hybridized carbons (Fsp3) is 0.200. The van der Waals surface area contributed by atoms with Crippen LogP contribution in [-0.2, 0) is 4.79 Å². The first kappa shape index (κ1) is 12.9. The van der Waals surface area contributed by atoms with Crippen LogP contribution in [0.2, 0.25) is 0 Å². The van der Waals surface area contributed by atoms with Crippen molar-refractivity contribution in [3.05, 3.63) is 41.6 Å². The van der Waals surface area contributed by atoms with E-state index in [0.29, 0.717) is 6.04 Å². The highest BCUT2D eigenvalue weighted by atomic mass is 16.1. The van der Waals surface area contributed by atoms with Crippen molar-refractivity contribution in [3.63, 3.8) is 0 Å². The first-order chi connectivity index (χ1) is 9.04. The smallest absolute Gasteiger partial charge is 0.259 e. The van der Waals surface area contributed by atoms with Gasteiger partial charge in [0.1, 0.15) is 11.6 Å². The Labute approximate surface area is 111 Å². The lowest BCUT2D eigenvalue weighted by molar-refractivity contribution is -0.114. The van der Waals surface area contributed by atoms with Gasteiger partial charge in [-0.1, -0.05) is 18.2 Å². The van der Waals surface area contributed by atoms with E-state index in [1.54, 1.807) is 6.08 Å². The predicted octanol–water partition coefficient (Wildman–Crippen LogP) is 2.61. The highest BCUT2D eigenvalue weighted by Crippen LogP contribution is 2.26. The molecule has 0 saturated heterocycles. The maximum Gasteiger partial charge on any atom is 0.259 e. The van der Waals surface area contributed by atoms with Gasteiger partial charge in [-0.2, -0.15) is 5.26 Å². The summed E-state index contributed by atoms with van der Waals surface area (Å²) >= 11 is 0. The molecular weight excluding hydrogens is 238 g/mol. The van der Waals surface area contributed by atoms with Gasteiger partial charge in [-0.3, -0.25) is 4.79 Å². The number of primary amides is 1. The molecule has 96 valence electrons. The lowest BCUT2D eigenvalue weighted by atomic mass is 10.1. The van der Waals surface area contributed by atoms with E-state index < -0.39 is 5.91 Å². The Balaban J connectivity index is 2.69. The molecule has 0 bridgehead atoms. The molecule has 0 aliphatic heterocycles. The number of hydrogen-bond donors (Lipinski definition) is 1. The molecule has 0 radical (unpaired) electrons. The number of benzene rings is 1. The number of nitriles is 1. The lowest BCUT2D eigenvalue weighted by Gasteiger charge is -2.08. The van der Waals surface area contributed by atoms with E-state index in [-0.39, 0.29) is 5.57 Å². The molecule has 2 N–H and O–H groups in total. The molecule has 0 spiro atoms. The second kappa shape index (κ2) is 4.99. The molecule has 1 aromatic carbocycles. The normalized spacial score (nSPS) is 11.8. The van der Waals surface area contributed by atoms with Gasteiger partial charge in [0.25, 0.3) is 5.91 Å². The third-order valence-electron chi connectivity index (χ3n) is 3.01. The number of hydrogen-bond acceptors (Lipinski definition) is 2. The van der Waals surface area contributed by atoms with E-state index in [9.17, 15) is 4.79 Å². The van der Waals surface area contributed by atoms with Gasteiger partial charge in [0, 0.05) is 28.7 Å².